The molecule has 0 fully saturated rings. The lowest BCUT2D eigenvalue weighted by molar-refractivity contribution is 0.182. The first-order valence-electron chi connectivity index (χ1n) is 6.00. The third-order valence-corrected chi connectivity index (χ3v) is 3.20. The van der Waals surface area contributed by atoms with Crippen molar-refractivity contribution in [2.75, 3.05) is 13.7 Å². The van der Waals surface area contributed by atoms with E-state index in [2.05, 4.69) is 23.3 Å². The van der Waals surface area contributed by atoms with Gasteiger partial charge in [0.2, 0.25) is 0 Å². The van der Waals surface area contributed by atoms with E-state index in [4.69, 9.17) is 4.74 Å². The SMILES string of the molecule is COCCC(C)NC1CCc2cccnc21. The first-order valence-corrected chi connectivity index (χ1v) is 6.00. The lowest BCUT2D eigenvalue weighted by Gasteiger charge is -2.19. The van der Waals surface area contributed by atoms with Crippen LogP contribution in [-0.2, 0) is 11.2 Å². The minimum Gasteiger partial charge on any atom is -0.385 e. The van der Waals surface area contributed by atoms with E-state index in [-0.39, 0.29) is 0 Å². The molecular formula is C13H20N2O. The molecule has 0 aliphatic heterocycles. The number of ether oxygens (including phenoxy) is 1. The molecule has 2 unspecified atom stereocenters. The zero-order chi connectivity index (χ0) is 11.4. The zero-order valence-electron chi connectivity index (χ0n) is 10.1. The Morgan fingerprint density at radius 2 is 2.50 bits per heavy atom. The number of aromatic nitrogens is 1. The van der Waals surface area contributed by atoms with Gasteiger partial charge < -0.3 is 10.1 Å². The van der Waals surface area contributed by atoms with Crippen molar-refractivity contribution >= 4 is 0 Å². The van der Waals surface area contributed by atoms with Crippen molar-refractivity contribution in [2.24, 2.45) is 0 Å². The highest BCUT2D eigenvalue weighted by atomic mass is 16.5. The van der Waals surface area contributed by atoms with Gasteiger partial charge in [0.25, 0.3) is 0 Å². The maximum atomic E-state index is 5.09. The third-order valence-electron chi connectivity index (χ3n) is 3.20. The third kappa shape index (κ3) is 2.60. The largest absolute Gasteiger partial charge is 0.385 e. The molecule has 1 heterocycles. The van der Waals surface area contributed by atoms with Crippen LogP contribution in [0, 0.1) is 0 Å². The highest BCUT2D eigenvalue weighted by molar-refractivity contribution is 5.27. The van der Waals surface area contributed by atoms with Gasteiger partial charge in [0.05, 0.1) is 11.7 Å². The van der Waals surface area contributed by atoms with Crippen LogP contribution in [0.25, 0.3) is 0 Å². The fourth-order valence-electron chi connectivity index (χ4n) is 2.30. The van der Waals surface area contributed by atoms with Crippen molar-refractivity contribution in [3.05, 3.63) is 29.6 Å². The molecule has 16 heavy (non-hydrogen) atoms. The molecule has 0 aromatic carbocycles. The first-order chi connectivity index (χ1) is 7.81. The molecule has 0 saturated carbocycles. The predicted molar refractivity (Wildman–Crippen MR) is 64.4 cm³/mol. The van der Waals surface area contributed by atoms with Crippen molar-refractivity contribution in [3.63, 3.8) is 0 Å². The molecule has 1 aromatic rings. The topological polar surface area (TPSA) is 34.1 Å². The van der Waals surface area contributed by atoms with E-state index in [9.17, 15) is 0 Å². The molecule has 0 saturated heterocycles. The number of fused-ring (bicyclic) bond motifs is 1. The molecule has 0 radical (unpaired) electrons. The second-order valence-corrected chi connectivity index (χ2v) is 4.49. The highest BCUT2D eigenvalue weighted by Gasteiger charge is 2.24. The van der Waals surface area contributed by atoms with Crippen molar-refractivity contribution in [1.82, 2.24) is 10.3 Å². The van der Waals surface area contributed by atoms with Crippen LogP contribution in [0.5, 0.6) is 0 Å². The minimum atomic E-state index is 0.433. The van der Waals surface area contributed by atoms with E-state index in [1.165, 1.54) is 17.7 Å². The van der Waals surface area contributed by atoms with Crippen molar-refractivity contribution in [1.29, 1.82) is 0 Å². The van der Waals surface area contributed by atoms with Crippen LogP contribution in [-0.4, -0.2) is 24.7 Å². The Bertz CT molecular complexity index is 340. The summed E-state index contributed by atoms with van der Waals surface area (Å²) in [6.07, 6.45) is 5.26. The summed E-state index contributed by atoms with van der Waals surface area (Å²) in [4.78, 5) is 4.48. The quantitative estimate of drug-likeness (QED) is 0.825. The Labute approximate surface area is 97.2 Å². The van der Waals surface area contributed by atoms with Crippen LogP contribution in [0.15, 0.2) is 18.3 Å². The standard InChI is InChI=1S/C13H20N2O/c1-10(7-9-16-2)15-12-6-5-11-4-3-8-14-13(11)12/h3-4,8,10,12,15H,5-7,9H2,1-2H3. The molecule has 0 spiro atoms. The summed E-state index contributed by atoms with van der Waals surface area (Å²) < 4.78 is 5.09. The molecule has 1 aromatic heterocycles. The monoisotopic (exact) mass is 220 g/mol. The molecule has 1 aliphatic carbocycles. The van der Waals surface area contributed by atoms with Crippen molar-refractivity contribution < 1.29 is 4.74 Å². The molecule has 2 rings (SSSR count). The Kier molecular flexibility index (Phi) is 3.91. The Morgan fingerprint density at radius 1 is 1.62 bits per heavy atom. The predicted octanol–water partition coefficient (Wildman–Crippen LogP) is 2.08. The Hall–Kier alpha value is -0.930. The number of aryl methyl sites for hydroxylation is 1. The van der Waals surface area contributed by atoms with Gasteiger partial charge in [-0.2, -0.15) is 0 Å². The average Bonchev–Trinajstić information content (AvgIpc) is 2.70. The van der Waals surface area contributed by atoms with E-state index in [0.717, 1.165) is 19.4 Å². The van der Waals surface area contributed by atoms with Gasteiger partial charge in [-0.3, -0.25) is 4.98 Å². The van der Waals surface area contributed by atoms with E-state index < -0.39 is 0 Å². The molecule has 0 bridgehead atoms. The second-order valence-electron chi connectivity index (χ2n) is 4.49. The minimum absolute atomic E-state index is 0.433. The van der Waals surface area contributed by atoms with Gasteiger partial charge in [-0.25, -0.2) is 0 Å². The Balaban J connectivity index is 1.92. The summed E-state index contributed by atoms with van der Waals surface area (Å²) in [7, 11) is 1.75. The van der Waals surface area contributed by atoms with Gasteiger partial charge in [0.15, 0.2) is 0 Å². The van der Waals surface area contributed by atoms with Crippen LogP contribution in [0.4, 0.5) is 0 Å². The number of hydrogen-bond acceptors (Lipinski definition) is 3. The van der Waals surface area contributed by atoms with Crippen LogP contribution >= 0.6 is 0 Å². The number of methoxy groups -OCH3 is 1. The normalized spacial score (nSPS) is 20.8. The average molecular weight is 220 g/mol. The van der Waals surface area contributed by atoms with Gasteiger partial charge in [-0.15, -0.1) is 0 Å². The van der Waals surface area contributed by atoms with Gasteiger partial charge in [-0.1, -0.05) is 6.07 Å². The van der Waals surface area contributed by atoms with Crippen LogP contribution in [0.3, 0.4) is 0 Å². The summed E-state index contributed by atoms with van der Waals surface area (Å²) in [5.41, 5.74) is 2.64. The first kappa shape index (κ1) is 11.6. The van der Waals surface area contributed by atoms with E-state index >= 15 is 0 Å². The molecule has 1 aliphatic rings. The second kappa shape index (κ2) is 5.41. The smallest absolute Gasteiger partial charge is 0.0605 e. The number of nitrogens with zero attached hydrogens (tertiary/aromatic N) is 1. The molecule has 2 atom stereocenters. The zero-order valence-corrected chi connectivity index (χ0v) is 10.1. The fourth-order valence-corrected chi connectivity index (χ4v) is 2.30. The maximum absolute atomic E-state index is 5.09. The van der Waals surface area contributed by atoms with E-state index in [0.29, 0.717) is 12.1 Å². The van der Waals surface area contributed by atoms with Crippen molar-refractivity contribution in [2.45, 2.75) is 38.3 Å². The molecular weight excluding hydrogens is 200 g/mol. The lowest BCUT2D eigenvalue weighted by Crippen LogP contribution is -2.30. The highest BCUT2D eigenvalue weighted by Crippen LogP contribution is 2.29. The van der Waals surface area contributed by atoms with Gasteiger partial charge in [-0.05, 0) is 37.8 Å². The van der Waals surface area contributed by atoms with Gasteiger partial charge in [0, 0.05) is 26.0 Å². The van der Waals surface area contributed by atoms with E-state index in [1.807, 2.05) is 12.3 Å². The molecule has 3 nitrogen and oxygen atoms in total. The molecule has 3 heteroatoms. The molecule has 0 amide bonds. The van der Waals surface area contributed by atoms with E-state index in [1.54, 1.807) is 7.11 Å². The Morgan fingerprint density at radius 3 is 3.31 bits per heavy atom. The number of hydrogen-bond donors (Lipinski definition) is 1. The van der Waals surface area contributed by atoms with Gasteiger partial charge >= 0.3 is 0 Å². The maximum Gasteiger partial charge on any atom is 0.0605 e. The number of rotatable bonds is 5. The number of nitrogens with one attached hydrogen (secondary N) is 1. The van der Waals surface area contributed by atoms with Crippen LogP contribution in [0.2, 0.25) is 0 Å². The van der Waals surface area contributed by atoms with Crippen LogP contribution < -0.4 is 5.32 Å². The number of pyridine rings is 1. The van der Waals surface area contributed by atoms with Crippen molar-refractivity contribution in [3.8, 4) is 0 Å². The molecule has 1 N–H and O–H groups in total. The summed E-state index contributed by atoms with van der Waals surface area (Å²) in [6, 6.07) is 5.13. The van der Waals surface area contributed by atoms with Crippen LogP contribution in [0.1, 0.15) is 37.1 Å². The summed E-state index contributed by atoms with van der Waals surface area (Å²) >= 11 is 0. The lowest BCUT2D eigenvalue weighted by atomic mass is 10.1. The summed E-state index contributed by atoms with van der Waals surface area (Å²) in [6.45, 7) is 3.02. The summed E-state index contributed by atoms with van der Waals surface area (Å²) in [5.74, 6) is 0. The fraction of sp³-hybridized carbons (Fsp3) is 0.615. The van der Waals surface area contributed by atoms with Gasteiger partial charge in [0.1, 0.15) is 0 Å². The molecule has 88 valence electrons. The summed E-state index contributed by atoms with van der Waals surface area (Å²) in [5, 5.41) is 3.63.